The van der Waals surface area contributed by atoms with E-state index in [-0.39, 0.29) is 62.5 Å². The number of carboxylic acids is 1. The Kier molecular flexibility index (Phi) is 28.9. The Morgan fingerprint density at radius 3 is 1.72 bits per heavy atom. The number of aliphatic carboxylic acids is 1. The van der Waals surface area contributed by atoms with Gasteiger partial charge in [0.15, 0.2) is 0 Å². The van der Waals surface area contributed by atoms with Gasteiger partial charge >= 0.3 is 5.97 Å². The number of carboxylic acid groups (broad SMARTS) is 1. The minimum absolute atomic E-state index is 0.00998. The lowest BCUT2D eigenvalue weighted by molar-refractivity contribution is -0.142. The number of likely N-dealkylation sites (tertiary alicyclic amines) is 1. The van der Waals surface area contributed by atoms with Gasteiger partial charge in [-0.2, -0.15) is 37.0 Å². The molecule has 9 amide bonds. The monoisotopic (exact) mass is 1210 g/mol. The van der Waals surface area contributed by atoms with E-state index in [1.807, 2.05) is 25.1 Å². The topological polar surface area (TPSA) is 365 Å². The van der Waals surface area contributed by atoms with Crippen molar-refractivity contribution in [1.29, 1.82) is 0 Å². The molecular weight excluding hydrogens is 1130 g/mol. The normalized spacial score (nSPS) is 17.1. The molecule has 0 radical (unpaired) electrons. The molecule has 24 nitrogen and oxygen atoms in total. The van der Waals surface area contributed by atoms with E-state index in [4.69, 9.17) is 5.73 Å². The third-order valence-corrected chi connectivity index (χ3v) is 15.4. The Morgan fingerprint density at radius 2 is 1.19 bits per heavy atom. The van der Waals surface area contributed by atoms with Crippen LogP contribution >= 0.6 is 37.0 Å². The first-order valence-corrected chi connectivity index (χ1v) is 30.3. The molecule has 456 valence electrons. The maximum atomic E-state index is 14.5. The molecule has 2 heterocycles. The molecule has 1 saturated heterocycles. The van der Waals surface area contributed by atoms with Crippen molar-refractivity contribution in [3.63, 3.8) is 0 Å². The second kappa shape index (κ2) is 34.8. The van der Waals surface area contributed by atoms with Crippen molar-refractivity contribution < 1.29 is 58.2 Å². The van der Waals surface area contributed by atoms with E-state index in [1.165, 1.54) is 36.1 Å². The van der Waals surface area contributed by atoms with Gasteiger partial charge in [0.05, 0.1) is 18.5 Å². The van der Waals surface area contributed by atoms with Crippen molar-refractivity contribution in [2.75, 3.05) is 30.1 Å². The van der Waals surface area contributed by atoms with E-state index in [9.17, 15) is 58.2 Å². The highest BCUT2D eigenvalue weighted by Gasteiger charge is 2.41. The minimum atomic E-state index is -1.69. The lowest BCUT2D eigenvalue weighted by atomic mass is 9.96. The number of hydrogen-bond donors (Lipinski definition) is 14. The van der Waals surface area contributed by atoms with Crippen LogP contribution in [0.3, 0.4) is 0 Å². The number of aromatic nitrogens is 2. The lowest BCUT2D eigenvalue weighted by Gasteiger charge is -2.32. The highest BCUT2D eigenvalue weighted by atomic mass is 32.2. The number of carbonyl (C=O) groups is 10. The summed E-state index contributed by atoms with van der Waals surface area (Å²) in [4.78, 5) is 147. The number of thiol groups is 2. The number of aromatic amines is 1. The van der Waals surface area contributed by atoms with Gasteiger partial charge in [0.2, 0.25) is 53.2 Å². The summed E-state index contributed by atoms with van der Waals surface area (Å²) in [6.07, 6.45) is 4.09. The van der Waals surface area contributed by atoms with Crippen molar-refractivity contribution in [2.45, 2.75) is 153 Å². The van der Waals surface area contributed by atoms with E-state index >= 15 is 0 Å². The number of nitrogens with two attached hydrogens (primary N) is 1. The number of rotatable bonds is 34. The standard InChI is InChI=1S/C56H82N12O12S3/c1-7-32(4)45(66-52(75)44-19-14-21-68(44)55(78)42(64-47(70)37(57)28-81)25-35-17-12-9-13-18-35)53(76)63-41(26-36-27-58-30-59-36)50(73)61-39(23-31(2)3)51(74)67-46(33(5)69)54(77)60-38(20-22-83-6)48(71)62-40(24-34-15-10-8-11-16-34)49(72)65-43(29-82)56(79)80/h8-13,15-18,27,30-33,37-46,69,81-82H,7,14,19-26,28-29,57H2,1-6H3,(H,58,59)(H,60,77)(H,61,73)(H,62,71)(H,63,76)(H,64,70)(H,65,72)(H,66,75)(H,67,74)(H,79,80)/t32-,33+,37-,38-,39-,40-,41-,42-,43-,44-,45-,46-/m0/s1. The van der Waals surface area contributed by atoms with Gasteiger partial charge in [0.25, 0.3) is 0 Å². The van der Waals surface area contributed by atoms with Crippen LogP contribution in [0, 0.1) is 11.8 Å². The molecule has 12 atom stereocenters. The van der Waals surface area contributed by atoms with Crippen molar-refractivity contribution >= 4 is 96.2 Å². The van der Waals surface area contributed by atoms with E-state index < -0.39 is 132 Å². The van der Waals surface area contributed by atoms with Gasteiger partial charge in [-0.25, -0.2) is 9.78 Å². The number of hydrogen-bond acceptors (Lipinski definition) is 16. The Labute approximate surface area is 499 Å². The van der Waals surface area contributed by atoms with E-state index in [1.54, 1.807) is 69.5 Å². The van der Waals surface area contributed by atoms with Crippen LogP contribution in [-0.4, -0.2) is 181 Å². The molecule has 13 N–H and O–H groups in total. The quantitative estimate of drug-likeness (QED) is 0.0345. The van der Waals surface area contributed by atoms with Gasteiger partial charge in [-0.3, -0.25) is 43.2 Å². The van der Waals surface area contributed by atoms with Crippen LogP contribution in [0.2, 0.25) is 0 Å². The van der Waals surface area contributed by atoms with Crippen LogP contribution < -0.4 is 48.3 Å². The summed E-state index contributed by atoms with van der Waals surface area (Å²) in [5.41, 5.74) is 7.77. The molecule has 0 bridgehead atoms. The van der Waals surface area contributed by atoms with E-state index in [0.717, 1.165) is 5.56 Å². The Bertz CT molecular complexity index is 2620. The van der Waals surface area contributed by atoms with Crippen molar-refractivity contribution in [1.82, 2.24) is 57.4 Å². The predicted octanol–water partition coefficient (Wildman–Crippen LogP) is -0.195. The van der Waals surface area contributed by atoms with Gasteiger partial charge < -0.3 is 68.4 Å². The summed E-state index contributed by atoms with van der Waals surface area (Å²) < 4.78 is 0. The summed E-state index contributed by atoms with van der Waals surface area (Å²) in [6.45, 7) is 8.56. The smallest absolute Gasteiger partial charge is 0.327 e. The van der Waals surface area contributed by atoms with Crippen molar-refractivity contribution in [3.8, 4) is 0 Å². The van der Waals surface area contributed by atoms with E-state index in [2.05, 4.69) is 77.8 Å². The molecule has 2 aromatic carbocycles. The van der Waals surface area contributed by atoms with Crippen LogP contribution in [0.25, 0.3) is 0 Å². The third kappa shape index (κ3) is 21.8. The van der Waals surface area contributed by atoms with Gasteiger partial charge in [-0.05, 0) is 67.6 Å². The largest absolute Gasteiger partial charge is 0.480 e. The molecule has 1 aliphatic heterocycles. The number of amides is 9. The number of H-pyrrole nitrogens is 1. The third-order valence-electron chi connectivity index (χ3n) is 14.0. The molecule has 0 saturated carbocycles. The van der Waals surface area contributed by atoms with Crippen LogP contribution in [0.1, 0.15) is 83.5 Å². The molecular formula is C56H82N12O12S3. The average Bonchev–Trinajstić information content (AvgIpc) is 4.36. The fourth-order valence-corrected chi connectivity index (χ4v) is 10.0. The van der Waals surface area contributed by atoms with Crippen LogP contribution in [0.4, 0.5) is 0 Å². The Hall–Kier alpha value is -6.68. The minimum Gasteiger partial charge on any atom is -0.480 e. The number of nitrogens with one attached hydrogen (secondary N) is 9. The Balaban J connectivity index is 1.55. The molecule has 1 aromatic heterocycles. The fraction of sp³-hybridized carbons (Fsp3) is 0.554. The Morgan fingerprint density at radius 1 is 0.675 bits per heavy atom. The number of aliphatic hydroxyl groups excluding tert-OH is 1. The second-order valence-corrected chi connectivity index (χ2v) is 22.8. The lowest BCUT2D eigenvalue weighted by Crippen LogP contribution is -2.62. The van der Waals surface area contributed by atoms with E-state index in [0.29, 0.717) is 29.9 Å². The molecule has 0 spiro atoms. The molecule has 4 rings (SSSR count). The summed E-state index contributed by atoms with van der Waals surface area (Å²) in [5, 5.41) is 41.8. The molecule has 1 aliphatic rings. The zero-order valence-corrected chi connectivity index (χ0v) is 50.3. The second-order valence-electron chi connectivity index (χ2n) is 21.0. The molecule has 0 unspecified atom stereocenters. The zero-order chi connectivity index (χ0) is 61.3. The molecule has 0 aliphatic carbocycles. The highest BCUT2D eigenvalue weighted by Crippen LogP contribution is 2.22. The van der Waals surface area contributed by atoms with Crippen LogP contribution in [-0.2, 0) is 67.2 Å². The summed E-state index contributed by atoms with van der Waals surface area (Å²) in [5.74, 6) is -8.75. The average molecular weight is 1210 g/mol. The highest BCUT2D eigenvalue weighted by molar-refractivity contribution is 7.98. The zero-order valence-electron chi connectivity index (χ0n) is 47.7. The van der Waals surface area contributed by atoms with Crippen molar-refractivity contribution in [2.24, 2.45) is 17.6 Å². The number of imidazole rings is 1. The predicted molar refractivity (Wildman–Crippen MR) is 320 cm³/mol. The summed E-state index contributed by atoms with van der Waals surface area (Å²) in [7, 11) is 0. The van der Waals surface area contributed by atoms with Crippen molar-refractivity contribution in [3.05, 3.63) is 90.0 Å². The number of thioether (sulfide) groups is 1. The maximum Gasteiger partial charge on any atom is 0.327 e. The first kappa shape index (κ1) is 68.8. The van der Waals surface area contributed by atoms with Gasteiger partial charge in [0.1, 0.15) is 54.4 Å². The maximum absolute atomic E-state index is 14.5. The number of aliphatic hydroxyl groups is 1. The van der Waals surface area contributed by atoms with Gasteiger partial charge in [0, 0.05) is 49.2 Å². The first-order chi connectivity index (χ1) is 39.5. The molecule has 1 fully saturated rings. The van der Waals surface area contributed by atoms with Gasteiger partial charge in [-0.15, -0.1) is 0 Å². The SMILES string of the molecule is CC[C@H](C)[C@H](NC(=O)[C@@H]1CCCN1C(=O)[C@H](Cc1ccccc1)NC(=O)[C@@H](N)CS)C(=O)N[C@@H](Cc1cnc[nH]1)C(=O)N[C@@H](CC(C)C)C(=O)N[C@H](C(=O)N[C@@H](CCSC)C(=O)N[C@@H](Cc1ccccc1)C(=O)N[C@@H](CS)C(=O)O)[C@@H](C)O. The van der Waals surface area contributed by atoms with Gasteiger partial charge in [-0.1, -0.05) is 94.8 Å². The summed E-state index contributed by atoms with van der Waals surface area (Å²) >= 11 is 9.52. The first-order valence-electron chi connectivity index (χ1n) is 27.7. The number of carbonyl (C=O) groups excluding carboxylic acids is 9. The fourth-order valence-electron chi connectivity index (χ4n) is 9.14. The van der Waals surface area contributed by atoms with Crippen LogP contribution in [0.15, 0.2) is 73.2 Å². The molecule has 3 aromatic rings. The number of nitrogens with zero attached hydrogens (tertiary/aromatic N) is 2. The van der Waals surface area contributed by atoms with Crippen LogP contribution in [0.5, 0.6) is 0 Å². The molecule has 83 heavy (non-hydrogen) atoms. The summed E-state index contributed by atoms with van der Waals surface area (Å²) in [6, 6.07) is 4.91. The molecule has 27 heteroatoms. The number of benzene rings is 2.